The van der Waals surface area contributed by atoms with Crippen molar-refractivity contribution in [1.29, 1.82) is 0 Å². The summed E-state index contributed by atoms with van der Waals surface area (Å²) in [6.07, 6.45) is -0.670. The van der Waals surface area contributed by atoms with Crippen LogP contribution in [0.1, 0.15) is 11.7 Å². The molecule has 1 rings (SSSR count). The SMILES string of the molecule is CNC[C@H](O)c1ccc(O)c(O)c1.O=S(=O)(O)O.O=S(=O)(O)O.O=S(=O)(O)O. The third-order valence-corrected chi connectivity index (χ3v) is 1.78. The van der Waals surface area contributed by atoms with Crippen LogP contribution < -0.4 is 5.32 Å². The zero-order valence-electron chi connectivity index (χ0n) is 13.7. The van der Waals surface area contributed by atoms with Gasteiger partial charge in [-0.15, -0.1) is 0 Å². The van der Waals surface area contributed by atoms with Gasteiger partial charge in [-0.1, -0.05) is 6.07 Å². The van der Waals surface area contributed by atoms with Crippen LogP contribution >= 0.6 is 0 Å². The third kappa shape index (κ3) is 39.4. The van der Waals surface area contributed by atoms with Gasteiger partial charge in [0.15, 0.2) is 11.5 Å². The summed E-state index contributed by atoms with van der Waals surface area (Å²) in [5.41, 5.74) is 0.574. The Morgan fingerprint density at radius 1 is 0.786 bits per heavy atom. The van der Waals surface area contributed by atoms with Crippen molar-refractivity contribution in [3.05, 3.63) is 23.8 Å². The predicted molar refractivity (Wildman–Crippen MR) is 91.2 cm³/mol. The Bertz CT molecular complexity index is 782. The highest BCUT2D eigenvalue weighted by molar-refractivity contribution is 7.80. The van der Waals surface area contributed by atoms with Crippen LogP contribution in [-0.4, -0.2) is 81.5 Å². The molecule has 1 atom stereocenters. The first-order valence-electron chi connectivity index (χ1n) is 6.09. The summed E-state index contributed by atoms with van der Waals surface area (Å²) in [6, 6.07) is 4.26. The normalized spacial score (nSPS) is 12.1. The fourth-order valence-electron chi connectivity index (χ4n) is 1.06. The first-order valence-corrected chi connectivity index (χ1v) is 10.3. The Balaban J connectivity index is -0.000000347. The Morgan fingerprint density at radius 3 is 1.36 bits per heavy atom. The van der Waals surface area contributed by atoms with Crippen molar-refractivity contribution in [2.75, 3.05) is 13.6 Å². The van der Waals surface area contributed by atoms with E-state index in [1.165, 1.54) is 12.1 Å². The lowest BCUT2D eigenvalue weighted by atomic mass is 10.1. The first kappa shape index (κ1) is 31.1. The molecule has 168 valence electrons. The molecule has 28 heavy (non-hydrogen) atoms. The lowest BCUT2D eigenvalue weighted by molar-refractivity contribution is 0.177. The van der Waals surface area contributed by atoms with E-state index in [1.807, 2.05) is 0 Å². The molecule has 1 aromatic carbocycles. The molecule has 1 aromatic rings. The molecule has 0 saturated heterocycles. The summed E-state index contributed by atoms with van der Waals surface area (Å²) in [5.74, 6) is -0.395. The summed E-state index contributed by atoms with van der Waals surface area (Å²) in [4.78, 5) is 0. The minimum absolute atomic E-state index is 0.180. The van der Waals surface area contributed by atoms with Gasteiger partial charge in [-0.3, -0.25) is 27.3 Å². The quantitative estimate of drug-likeness (QED) is 0.173. The van der Waals surface area contributed by atoms with Gasteiger partial charge < -0.3 is 20.6 Å². The largest absolute Gasteiger partial charge is 0.504 e. The van der Waals surface area contributed by atoms with Crippen LogP contribution in [0.2, 0.25) is 0 Å². The Morgan fingerprint density at radius 2 is 1.11 bits per heavy atom. The summed E-state index contributed by atoms with van der Waals surface area (Å²) in [7, 11) is -12.3. The predicted octanol–water partition coefficient (Wildman–Crippen LogP) is -1.61. The minimum Gasteiger partial charge on any atom is -0.504 e. The number of hydrogen-bond donors (Lipinski definition) is 10. The molecule has 0 aliphatic rings. The Hall–Kier alpha value is -1.65. The van der Waals surface area contributed by atoms with Gasteiger partial charge in [-0.05, 0) is 24.7 Å². The van der Waals surface area contributed by atoms with Crippen molar-refractivity contribution in [2.45, 2.75) is 6.10 Å². The van der Waals surface area contributed by atoms with Crippen LogP contribution in [-0.2, 0) is 31.2 Å². The lowest BCUT2D eigenvalue weighted by Crippen LogP contribution is -2.16. The number of benzene rings is 1. The van der Waals surface area contributed by atoms with Gasteiger partial charge in [-0.25, -0.2) is 0 Å². The van der Waals surface area contributed by atoms with Crippen molar-refractivity contribution in [2.24, 2.45) is 0 Å². The lowest BCUT2D eigenvalue weighted by Gasteiger charge is -2.10. The van der Waals surface area contributed by atoms with Crippen molar-refractivity contribution in [3.8, 4) is 11.5 Å². The maximum atomic E-state index is 9.48. The fourth-order valence-corrected chi connectivity index (χ4v) is 1.06. The molecule has 0 aliphatic carbocycles. The fraction of sp³-hybridized carbons (Fsp3) is 0.333. The molecule has 0 aromatic heterocycles. The smallest absolute Gasteiger partial charge is 0.394 e. The highest BCUT2D eigenvalue weighted by Gasteiger charge is 2.08. The summed E-state index contributed by atoms with van der Waals surface area (Å²) >= 11 is 0. The molecule has 10 N–H and O–H groups in total. The minimum atomic E-state index is -4.67. The molecular weight excluding hydrogens is 458 g/mol. The highest BCUT2D eigenvalue weighted by Crippen LogP contribution is 2.27. The average Bonchev–Trinajstić information content (AvgIpc) is 2.36. The standard InChI is InChI=1S/C9H13NO3.3H2O4S/c1-10-5-9(13)6-2-3-7(11)8(12)4-6;3*1-5(2,3)4/h2-4,9-13H,5H2,1H3;3*(H2,1,2,3,4)/t9-;;;/m0.../s1. The summed E-state index contributed by atoms with van der Waals surface area (Å²) in [6.45, 7) is 0.407. The molecule has 0 aliphatic heterocycles. The van der Waals surface area contributed by atoms with Crippen LogP contribution in [0.25, 0.3) is 0 Å². The number of hydrogen-bond acceptors (Lipinski definition) is 10. The molecule has 0 fully saturated rings. The van der Waals surface area contributed by atoms with Gasteiger partial charge in [0.25, 0.3) is 0 Å². The van der Waals surface area contributed by atoms with Gasteiger partial charge in [-0.2, -0.15) is 25.3 Å². The molecular formula is C9H19NO15S3. The van der Waals surface area contributed by atoms with E-state index < -0.39 is 37.3 Å². The molecule has 0 heterocycles. The average molecular weight is 477 g/mol. The first-order chi connectivity index (χ1) is 12.1. The van der Waals surface area contributed by atoms with Crippen molar-refractivity contribution < 1.29 is 67.9 Å². The zero-order chi connectivity index (χ0) is 23.3. The Kier molecular flexibility index (Phi) is 15.0. The molecule has 0 saturated carbocycles. The van der Waals surface area contributed by atoms with E-state index in [-0.39, 0.29) is 11.5 Å². The van der Waals surface area contributed by atoms with E-state index in [0.717, 1.165) is 0 Å². The monoisotopic (exact) mass is 477 g/mol. The second kappa shape index (κ2) is 13.5. The molecule has 19 heteroatoms. The maximum absolute atomic E-state index is 9.48. The van der Waals surface area contributed by atoms with Crippen LogP contribution in [0.4, 0.5) is 0 Å². The van der Waals surface area contributed by atoms with E-state index >= 15 is 0 Å². The molecule has 16 nitrogen and oxygen atoms in total. The van der Waals surface area contributed by atoms with E-state index in [0.29, 0.717) is 12.1 Å². The van der Waals surface area contributed by atoms with Crippen molar-refractivity contribution >= 4 is 31.2 Å². The van der Waals surface area contributed by atoms with Gasteiger partial charge in [0.05, 0.1) is 6.10 Å². The molecule has 0 unspecified atom stereocenters. The number of nitrogens with one attached hydrogen (secondary N) is 1. The van der Waals surface area contributed by atoms with Gasteiger partial charge in [0.2, 0.25) is 0 Å². The second-order valence-corrected chi connectivity index (χ2v) is 6.85. The van der Waals surface area contributed by atoms with E-state index in [4.69, 9.17) is 62.8 Å². The van der Waals surface area contributed by atoms with Crippen LogP contribution in [0.3, 0.4) is 0 Å². The van der Waals surface area contributed by atoms with E-state index in [1.54, 1.807) is 13.1 Å². The third-order valence-electron chi connectivity index (χ3n) is 1.78. The van der Waals surface area contributed by atoms with Crippen molar-refractivity contribution in [1.82, 2.24) is 5.32 Å². The van der Waals surface area contributed by atoms with Crippen molar-refractivity contribution in [3.63, 3.8) is 0 Å². The number of rotatable bonds is 3. The zero-order valence-corrected chi connectivity index (χ0v) is 16.2. The number of phenolic OH excluding ortho intramolecular Hbond substituents is 2. The molecule has 0 spiro atoms. The van der Waals surface area contributed by atoms with Gasteiger partial charge >= 0.3 is 31.2 Å². The van der Waals surface area contributed by atoms with Crippen LogP contribution in [0.5, 0.6) is 11.5 Å². The highest BCUT2D eigenvalue weighted by atomic mass is 32.3. The molecule has 0 amide bonds. The van der Waals surface area contributed by atoms with Crippen LogP contribution in [0.15, 0.2) is 18.2 Å². The topological polar surface area (TPSA) is 297 Å². The molecule has 0 radical (unpaired) electrons. The number of aliphatic hydroxyl groups is 1. The van der Waals surface area contributed by atoms with Crippen LogP contribution in [0, 0.1) is 0 Å². The summed E-state index contributed by atoms with van der Waals surface area (Å²) < 4.78 is 94.8. The Labute approximate surface area is 159 Å². The maximum Gasteiger partial charge on any atom is 0.394 e. The number of aromatic hydroxyl groups is 2. The van der Waals surface area contributed by atoms with Gasteiger partial charge in [0, 0.05) is 6.54 Å². The van der Waals surface area contributed by atoms with E-state index in [2.05, 4.69) is 5.32 Å². The number of aliphatic hydroxyl groups excluding tert-OH is 1. The molecule has 0 bridgehead atoms. The summed E-state index contributed by atoms with van der Waals surface area (Å²) in [5, 5.41) is 30.4. The number of likely N-dealkylation sites (N-methyl/N-ethyl adjacent to an activating group) is 1. The second-order valence-electron chi connectivity index (χ2n) is 4.17. The number of phenols is 2. The van der Waals surface area contributed by atoms with Gasteiger partial charge in [0.1, 0.15) is 0 Å². The van der Waals surface area contributed by atoms with E-state index in [9.17, 15) is 5.11 Å².